The van der Waals surface area contributed by atoms with Crippen LogP contribution in [0.5, 0.6) is 0 Å². The lowest BCUT2D eigenvalue weighted by Gasteiger charge is -2.22. The molecule has 0 aliphatic carbocycles. The molecule has 3 heteroatoms. The predicted octanol–water partition coefficient (Wildman–Crippen LogP) is 4.29. The summed E-state index contributed by atoms with van der Waals surface area (Å²) in [6.45, 7) is 3.42. The number of fused-ring (bicyclic) bond motifs is 1. The normalized spacial score (nSPS) is 10.7. The summed E-state index contributed by atoms with van der Waals surface area (Å²) < 4.78 is 0. The molecule has 1 aromatic heterocycles. The first-order valence-corrected chi connectivity index (χ1v) is 7.97. The Morgan fingerprint density at radius 2 is 1.70 bits per heavy atom. The van der Waals surface area contributed by atoms with Crippen LogP contribution in [0.1, 0.15) is 29.4 Å². The highest BCUT2D eigenvalue weighted by Crippen LogP contribution is 2.15. The fourth-order valence-corrected chi connectivity index (χ4v) is 2.67. The number of pyridine rings is 1. The third-order valence-electron chi connectivity index (χ3n) is 3.81. The van der Waals surface area contributed by atoms with Gasteiger partial charge in [-0.1, -0.05) is 61.5 Å². The Morgan fingerprint density at radius 3 is 2.48 bits per heavy atom. The van der Waals surface area contributed by atoms with Gasteiger partial charge in [-0.25, -0.2) is 4.98 Å². The molecular formula is C20H20N2O. The van der Waals surface area contributed by atoms with E-state index in [-0.39, 0.29) is 5.91 Å². The van der Waals surface area contributed by atoms with Crippen LogP contribution in [0.4, 0.5) is 0 Å². The van der Waals surface area contributed by atoms with Gasteiger partial charge in [-0.3, -0.25) is 4.79 Å². The molecule has 0 aliphatic heterocycles. The van der Waals surface area contributed by atoms with Crippen molar-refractivity contribution in [2.24, 2.45) is 0 Å². The predicted molar refractivity (Wildman–Crippen MR) is 93.2 cm³/mol. The first-order chi connectivity index (χ1) is 11.3. The fourth-order valence-electron chi connectivity index (χ4n) is 2.67. The lowest BCUT2D eigenvalue weighted by molar-refractivity contribution is 0.0737. The van der Waals surface area contributed by atoms with E-state index in [0.717, 1.165) is 29.4 Å². The van der Waals surface area contributed by atoms with Crippen molar-refractivity contribution in [1.82, 2.24) is 9.88 Å². The van der Waals surface area contributed by atoms with Gasteiger partial charge >= 0.3 is 0 Å². The second kappa shape index (κ2) is 7.05. The molecule has 0 radical (unpaired) electrons. The second-order valence-electron chi connectivity index (χ2n) is 5.60. The average molecular weight is 304 g/mol. The van der Waals surface area contributed by atoms with Gasteiger partial charge in [-0.05, 0) is 24.1 Å². The minimum atomic E-state index is -0.0125. The number of para-hydroxylation sites is 1. The van der Waals surface area contributed by atoms with Gasteiger partial charge in [-0.2, -0.15) is 0 Å². The van der Waals surface area contributed by atoms with E-state index in [9.17, 15) is 4.79 Å². The van der Waals surface area contributed by atoms with Crippen molar-refractivity contribution < 1.29 is 4.79 Å². The third kappa shape index (κ3) is 3.57. The van der Waals surface area contributed by atoms with E-state index in [1.54, 1.807) is 0 Å². The summed E-state index contributed by atoms with van der Waals surface area (Å²) in [7, 11) is 0. The molecule has 3 aromatic rings. The molecule has 0 unspecified atom stereocenters. The average Bonchev–Trinajstić information content (AvgIpc) is 2.61. The molecule has 1 heterocycles. The Bertz CT molecular complexity index is 799. The number of benzene rings is 2. The summed E-state index contributed by atoms with van der Waals surface area (Å²) in [5.74, 6) is -0.0125. The van der Waals surface area contributed by atoms with Gasteiger partial charge in [0.1, 0.15) is 5.69 Å². The van der Waals surface area contributed by atoms with Crippen LogP contribution in [-0.2, 0) is 6.54 Å². The van der Waals surface area contributed by atoms with Crippen molar-refractivity contribution >= 4 is 16.8 Å². The number of hydrogen-bond donors (Lipinski definition) is 0. The molecule has 0 spiro atoms. The largest absolute Gasteiger partial charge is 0.333 e. The molecule has 116 valence electrons. The quantitative estimate of drug-likeness (QED) is 0.704. The Hall–Kier alpha value is -2.68. The van der Waals surface area contributed by atoms with Crippen LogP contribution < -0.4 is 0 Å². The van der Waals surface area contributed by atoms with Crippen LogP contribution in [0.15, 0.2) is 66.7 Å². The van der Waals surface area contributed by atoms with E-state index in [1.807, 2.05) is 71.6 Å². The van der Waals surface area contributed by atoms with E-state index in [4.69, 9.17) is 0 Å². The Labute approximate surface area is 136 Å². The summed E-state index contributed by atoms with van der Waals surface area (Å²) in [6.07, 6.45) is 0.923. The van der Waals surface area contributed by atoms with Crippen LogP contribution >= 0.6 is 0 Å². The zero-order chi connectivity index (χ0) is 16.1. The molecule has 3 nitrogen and oxygen atoms in total. The maximum absolute atomic E-state index is 12.8. The molecule has 1 amide bonds. The first-order valence-electron chi connectivity index (χ1n) is 7.97. The molecule has 0 fully saturated rings. The monoisotopic (exact) mass is 304 g/mol. The number of carbonyl (C=O) groups excluding carboxylic acids is 1. The van der Waals surface area contributed by atoms with Gasteiger partial charge in [0, 0.05) is 18.5 Å². The summed E-state index contributed by atoms with van der Waals surface area (Å²) in [4.78, 5) is 19.2. The first kappa shape index (κ1) is 15.2. The van der Waals surface area contributed by atoms with Gasteiger partial charge in [0.05, 0.1) is 5.52 Å². The molecule has 0 aliphatic rings. The summed E-state index contributed by atoms with van der Waals surface area (Å²) in [5, 5.41) is 1.05. The van der Waals surface area contributed by atoms with Crippen molar-refractivity contribution in [3.8, 4) is 0 Å². The lowest BCUT2D eigenvalue weighted by Crippen LogP contribution is -2.31. The van der Waals surface area contributed by atoms with Gasteiger partial charge in [-0.15, -0.1) is 0 Å². The zero-order valence-corrected chi connectivity index (χ0v) is 13.3. The fraction of sp³-hybridized carbons (Fsp3) is 0.200. The van der Waals surface area contributed by atoms with Crippen LogP contribution in [0, 0.1) is 0 Å². The van der Waals surface area contributed by atoms with Crippen molar-refractivity contribution in [2.45, 2.75) is 19.9 Å². The number of hydrogen-bond acceptors (Lipinski definition) is 2. The maximum atomic E-state index is 12.8. The SMILES string of the molecule is CCCN(Cc1ccccc1)C(=O)c1ccc2ccccc2n1. The highest BCUT2D eigenvalue weighted by Gasteiger charge is 2.17. The Morgan fingerprint density at radius 1 is 0.957 bits per heavy atom. The molecular weight excluding hydrogens is 284 g/mol. The van der Waals surface area contributed by atoms with Crippen LogP contribution in [0.3, 0.4) is 0 Å². The second-order valence-corrected chi connectivity index (χ2v) is 5.60. The standard InChI is InChI=1S/C20H20N2O/c1-2-14-22(15-16-8-4-3-5-9-16)20(23)19-13-12-17-10-6-7-11-18(17)21-19/h3-13H,2,14-15H2,1H3. The summed E-state index contributed by atoms with van der Waals surface area (Å²) in [5.41, 5.74) is 2.50. The van der Waals surface area contributed by atoms with E-state index in [1.165, 1.54) is 0 Å². The number of carbonyl (C=O) groups is 1. The molecule has 23 heavy (non-hydrogen) atoms. The van der Waals surface area contributed by atoms with E-state index < -0.39 is 0 Å². The molecule has 0 bridgehead atoms. The van der Waals surface area contributed by atoms with Crippen molar-refractivity contribution in [2.75, 3.05) is 6.54 Å². The number of aromatic nitrogens is 1. The Kier molecular flexibility index (Phi) is 4.67. The number of rotatable bonds is 5. The number of amides is 1. The summed E-state index contributed by atoms with van der Waals surface area (Å²) >= 11 is 0. The van der Waals surface area contributed by atoms with Crippen LogP contribution in [0.2, 0.25) is 0 Å². The summed E-state index contributed by atoms with van der Waals surface area (Å²) in [6, 6.07) is 21.7. The highest BCUT2D eigenvalue weighted by atomic mass is 16.2. The van der Waals surface area contributed by atoms with E-state index in [0.29, 0.717) is 12.2 Å². The van der Waals surface area contributed by atoms with Gasteiger partial charge in [0.15, 0.2) is 0 Å². The van der Waals surface area contributed by atoms with E-state index >= 15 is 0 Å². The van der Waals surface area contributed by atoms with Crippen molar-refractivity contribution in [3.05, 3.63) is 78.0 Å². The lowest BCUT2D eigenvalue weighted by atomic mass is 10.1. The van der Waals surface area contributed by atoms with Crippen LogP contribution in [-0.4, -0.2) is 22.3 Å². The minimum absolute atomic E-state index is 0.0125. The molecule has 2 aromatic carbocycles. The van der Waals surface area contributed by atoms with Crippen LogP contribution in [0.25, 0.3) is 10.9 Å². The molecule has 0 N–H and O–H groups in total. The van der Waals surface area contributed by atoms with E-state index in [2.05, 4.69) is 11.9 Å². The topological polar surface area (TPSA) is 33.2 Å². The van der Waals surface area contributed by atoms with Crippen molar-refractivity contribution in [3.63, 3.8) is 0 Å². The molecule has 0 saturated heterocycles. The molecule has 0 atom stereocenters. The molecule has 0 saturated carbocycles. The minimum Gasteiger partial charge on any atom is -0.333 e. The zero-order valence-electron chi connectivity index (χ0n) is 13.3. The maximum Gasteiger partial charge on any atom is 0.272 e. The van der Waals surface area contributed by atoms with Gasteiger partial charge in [0.25, 0.3) is 5.91 Å². The number of nitrogens with zero attached hydrogens (tertiary/aromatic N) is 2. The van der Waals surface area contributed by atoms with Crippen molar-refractivity contribution in [1.29, 1.82) is 0 Å². The van der Waals surface area contributed by atoms with Gasteiger partial charge in [0.2, 0.25) is 0 Å². The molecule has 3 rings (SSSR count). The smallest absolute Gasteiger partial charge is 0.272 e. The van der Waals surface area contributed by atoms with Gasteiger partial charge < -0.3 is 4.90 Å². The highest BCUT2D eigenvalue weighted by molar-refractivity contribution is 5.94. The Balaban J connectivity index is 1.87. The third-order valence-corrected chi connectivity index (χ3v) is 3.81.